The van der Waals surface area contributed by atoms with Crippen molar-refractivity contribution in [3.05, 3.63) is 206 Å². The van der Waals surface area contributed by atoms with Gasteiger partial charge in [-0.1, -0.05) is 160 Å². The Kier molecular flexibility index (Phi) is 6.59. The molecule has 0 aliphatic heterocycles. The minimum Gasteiger partial charge on any atom is -0.458 e. The molecule has 3 heterocycles. The second-order valence-corrected chi connectivity index (χ2v) is 15.0. The Hall–Kier alpha value is -7.57. The van der Waals surface area contributed by atoms with Crippen molar-refractivity contribution < 1.29 is 23.1 Å². The smallest absolute Gasteiger partial charge is 0.273 e. The molecule has 0 aliphatic rings. The largest absolute Gasteiger partial charge is 0.458 e. The van der Waals surface area contributed by atoms with Crippen LogP contribution in [0.3, 0.4) is 0 Å². The first-order chi connectivity index (χ1) is 33.0. The average Bonchev–Trinajstić information content (AvgIpc) is 3.94. The summed E-state index contributed by atoms with van der Waals surface area (Å²) in [4.78, 5) is 4.82. The highest BCUT2D eigenvalue weighted by Crippen LogP contribution is 2.37. The Morgan fingerprint density at radius 2 is 1.27 bits per heavy atom. The van der Waals surface area contributed by atoms with Crippen molar-refractivity contribution >= 4 is 21.8 Å². The van der Waals surface area contributed by atoms with Crippen molar-refractivity contribution in [2.45, 2.75) is 26.2 Å². The highest BCUT2D eigenvalue weighted by atomic mass is 16.5. The molecular weight excluding hydrogens is 723 g/mol. The van der Waals surface area contributed by atoms with E-state index in [0.29, 0.717) is 28.6 Å². The summed E-state index contributed by atoms with van der Waals surface area (Å²) < 4.78 is 98.5. The lowest BCUT2D eigenvalue weighted by Crippen LogP contribution is -2.34. The molecule has 0 aliphatic carbocycles. The molecule has 0 unspecified atom stereocenters. The average molecular weight is 774 g/mol. The Balaban J connectivity index is 1.16. The van der Waals surface area contributed by atoms with Crippen molar-refractivity contribution in [2.24, 2.45) is 0 Å². The van der Waals surface area contributed by atoms with Gasteiger partial charge in [0.15, 0.2) is 5.82 Å². The summed E-state index contributed by atoms with van der Waals surface area (Å²) >= 11 is 0. The maximum atomic E-state index is 8.98. The molecule has 6 nitrogen and oxygen atoms in total. The van der Waals surface area contributed by atoms with Gasteiger partial charge in [-0.25, -0.2) is 4.98 Å². The number of hydrogen-bond acceptors (Lipinski definition) is 3. The van der Waals surface area contributed by atoms with Gasteiger partial charge < -0.3 is 4.74 Å². The molecule has 0 saturated carbocycles. The number of ether oxygens (including phenoxy) is 1. The van der Waals surface area contributed by atoms with E-state index in [2.05, 4.69) is 49.9 Å². The van der Waals surface area contributed by atoms with E-state index in [1.807, 2.05) is 97.2 Å². The molecule has 10 rings (SSSR count). The number of benzene rings is 7. The molecule has 0 bridgehead atoms. The third-order valence-corrected chi connectivity index (χ3v) is 10.2. The van der Waals surface area contributed by atoms with Gasteiger partial charge in [0.2, 0.25) is 0 Å². The summed E-state index contributed by atoms with van der Waals surface area (Å²) in [7, 11) is 0. The summed E-state index contributed by atoms with van der Waals surface area (Å²) in [6.45, 7) is 6.52. The van der Waals surface area contributed by atoms with Crippen molar-refractivity contribution in [1.82, 2.24) is 19.2 Å². The van der Waals surface area contributed by atoms with Gasteiger partial charge in [-0.15, -0.1) is 5.10 Å². The quantitative estimate of drug-likeness (QED) is 0.114. The van der Waals surface area contributed by atoms with Crippen molar-refractivity contribution in [2.75, 3.05) is 0 Å². The molecule has 0 amide bonds. The van der Waals surface area contributed by atoms with Crippen LogP contribution in [0, 0.1) is 6.33 Å². The van der Waals surface area contributed by atoms with Gasteiger partial charge in [-0.2, -0.15) is 4.68 Å². The summed E-state index contributed by atoms with van der Waals surface area (Å²) in [5.74, 6) is 2.20. The maximum Gasteiger partial charge on any atom is 0.273 e. The van der Waals surface area contributed by atoms with Crippen LogP contribution >= 0.6 is 0 Å². The number of nitrogens with zero attached hydrogens (tertiary/aromatic N) is 5. The molecule has 0 saturated heterocycles. The molecule has 0 spiro atoms. The summed E-state index contributed by atoms with van der Waals surface area (Å²) in [5, 5.41) is 7.15. The van der Waals surface area contributed by atoms with Gasteiger partial charge in [0, 0.05) is 28.6 Å². The third-order valence-electron chi connectivity index (χ3n) is 10.2. The zero-order chi connectivity index (χ0) is 48.6. The summed E-state index contributed by atoms with van der Waals surface area (Å²) in [5.41, 5.74) is 4.07. The fourth-order valence-corrected chi connectivity index (χ4v) is 7.39. The van der Waals surface area contributed by atoms with E-state index in [0.717, 1.165) is 33.2 Å². The molecule has 59 heavy (non-hydrogen) atoms. The maximum absolute atomic E-state index is 8.98. The number of para-hydroxylation sites is 2. The Bertz CT molecular complexity index is 3570. The van der Waals surface area contributed by atoms with Crippen molar-refractivity contribution in [3.8, 4) is 62.3 Å². The standard InChI is InChI=1S/C53H41N5O/c1-53(2,3)40-31-32-54-50(33-40)58-48-28-14-13-25-46(48)47-30-29-43(35-49(47)58)59-42-24-15-23-41(34-42)56-36-57(55-52(56)39-21-11-6-12-22-39)51-44(37-17-7-4-8-18-37)26-16-27-45(51)38-19-9-5-10-20-38/h4-35H,1-3H3/i4D,5D,7D,8D,9D,10D,17D,18D,19D,20D. The van der Waals surface area contributed by atoms with Gasteiger partial charge in [0.1, 0.15) is 17.3 Å². The van der Waals surface area contributed by atoms with Gasteiger partial charge in [0.25, 0.3) is 6.33 Å². The molecule has 3 aromatic heterocycles. The monoisotopic (exact) mass is 773 g/mol. The molecule has 10 aromatic rings. The lowest BCUT2D eigenvalue weighted by atomic mass is 9.88. The highest BCUT2D eigenvalue weighted by molar-refractivity contribution is 6.09. The normalized spacial score (nSPS) is 14.0. The lowest BCUT2D eigenvalue weighted by Gasteiger charge is -2.20. The molecule has 0 radical (unpaired) electrons. The molecule has 6 heteroatoms. The van der Waals surface area contributed by atoms with E-state index < -0.39 is 60.4 Å². The van der Waals surface area contributed by atoms with E-state index in [-0.39, 0.29) is 33.4 Å². The predicted octanol–water partition coefficient (Wildman–Crippen LogP) is 12.5. The number of fused-ring (bicyclic) bond motifs is 3. The van der Waals surface area contributed by atoms with E-state index in [1.54, 1.807) is 22.8 Å². The zero-order valence-corrected chi connectivity index (χ0v) is 32.3. The molecule has 7 aromatic carbocycles. The van der Waals surface area contributed by atoms with Gasteiger partial charge >= 0.3 is 0 Å². The first kappa shape index (κ1) is 26.4. The van der Waals surface area contributed by atoms with E-state index >= 15 is 0 Å². The predicted molar refractivity (Wildman–Crippen MR) is 238 cm³/mol. The first-order valence-electron chi connectivity index (χ1n) is 24.1. The van der Waals surface area contributed by atoms with E-state index in [9.17, 15) is 0 Å². The second-order valence-electron chi connectivity index (χ2n) is 15.0. The van der Waals surface area contributed by atoms with Crippen LogP contribution in [0.4, 0.5) is 0 Å². The number of aromatic nitrogens is 5. The molecule has 284 valence electrons. The minimum absolute atomic E-state index is 0.0594. The van der Waals surface area contributed by atoms with Crippen LogP contribution in [-0.2, 0) is 5.41 Å². The fraction of sp³-hybridized carbons (Fsp3) is 0.0755. The van der Waals surface area contributed by atoms with Crippen LogP contribution in [-0.4, -0.2) is 19.2 Å². The van der Waals surface area contributed by atoms with Crippen LogP contribution in [0.2, 0.25) is 0 Å². The van der Waals surface area contributed by atoms with Crippen molar-refractivity contribution in [3.63, 3.8) is 0 Å². The third kappa shape index (κ3) is 6.74. The van der Waals surface area contributed by atoms with Crippen LogP contribution < -0.4 is 9.42 Å². The molecule has 0 fully saturated rings. The second kappa shape index (κ2) is 14.7. The SMILES string of the molecule is [2H]c1c([2H])c([2H])c(-c2cccc(-c3c([2H])c([2H])c([2H])c([2H])c3[2H])c2-[n+]2[c-]n(-c3cccc(Oc4ccc5c6ccccc6n(-c6cc(C(C)(C)C)ccn6)c5c4)c3)c(-c3ccccc3)n2)c([2H])c1[2H]. The zero-order valence-electron chi connectivity index (χ0n) is 42.3. The fourth-order valence-electron chi connectivity index (χ4n) is 7.39. The van der Waals surface area contributed by atoms with Gasteiger partial charge in [-0.05, 0) is 75.7 Å². The number of rotatable bonds is 8. The van der Waals surface area contributed by atoms with Crippen molar-refractivity contribution in [1.29, 1.82) is 0 Å². The Labute approximate surface area is 357 Å². The van der Waals surface area contributed by atoms with Crippen LogP contribution in [0.15, 0.2) is 194 Å². The summed E-state index contributed by atoms with van der Waals surface area (Å²) in [6.07, 6.45) is 5.15. The van der Waals surface area contributed by atoms with Crippen LogP contribution in [0.25, 0.3) is 72.6 Å². The first-order valence-corrected chi connectivity index (χ1v) is 19.1. The van der Waals surface area contributed by atoms with Gasteiger partial charge in [-0.3, -0.25) is 9.13 Å². The topological polar surface area (TPSA) is 48.8 Å². The van der Waals surface area contributed by atoms with E-state index in [1.165, 1.54) is 4.68 Å². The van der Waals surface area contributed by atoms with E-state index in [4.69, 9.17) is 28.5 Å². The van der Waals surface area contributed by atoms with Gasteiger partial charge in [0.05, 0.1) is 36.1 Å². The number of pyridine rings is 1. The Morgan fingerprint density at radius 1 is 0.610 bits per heavy atom. The molecule has 0 atom stereocenters. The Morgan fingerprint density at radius 3 is 2.00 bits per heavy atom. The highest BCUT2D eigenvalue weighted by Gasteiger charge is 2.22. The summed E-state index contributed by atoms with van der Waals surface area (Å²) in [6, 6.07) is 34.1. The van der Waals surface area contributed by atoms with Crippen LogP contribution in [0.5, 0.6) is 11.5 Å². The minimum atomic E-state index is -0.584. The molecule has 0 N–H and O–H groups in total. The van der Waals surface area contributed by atoms with Crippen LogP contribution in [0.1, 0.15) is 40.0 Å². The molecular formula is C53H41N5O. The lowest BCUT2D eigenvalue weighted by molar-refractivity contribution is -0.659. The number of hydrogen-bond donors (Lipinski definition) is 0.